The molecule has 1 aromatic carbocycles. The number of hydrogen-bond acceptors (Lipinski definition) is 4. The highest BCUT2D eigenvalue weighted by Crippen LogP contribution is 2.32. The molecule has 1 fully saturated rings. The molecular weight excluding hydrogens is 296 g/mol. The number of methoxy groups -OCH3 is 1. The van der Waals surface area contributed by atoms with Gasteiger partial charge in [-0.25, -0.2) is 0 Å². The third-order valence-electron chi connectivity index (χ3n) is 3.83. The molecule has 1 N–H and O–H groups in total. The van der Waals surface area contributed by atoms with E-state index in [1.807, 2.05) is 0 Å². The molecule has 1 aromatic rings. The van der Waals surface area contributed by atoms with Crippen LogP contribution < -0.4 is 10.1 Å². The van der Waals surface area contributed by atoms with Gasteiger partial charge in [0, 0.05) is 23.6 Å². The van der Waals surface area contributed by atoms with Gasteiger partial charge in [0.15, 0.2) is 5.75 Å². The van der Waals surface area contributed by atoms with Gasteiger partial charge in [0.05, 0.1) is 17.6 Å². The minimum atomic E-state index is -0.544. The van der Waals surface area contributed by atoms with Crippen LogP contribution in [-0.2, 0) is 0 Å². The number of carbonyl (C=O) groups excluding carboxylic acids is 1. The van der Waals surface area contributed by atoms with Gasteiger partial charge in [0.1, 0.15) is 0 Å². The summed E-state index contributed by atoms with van der Waals surface area (Å²) < 4.78 is 4.97. The minimum absolute atomic E-state index is 0.0685. The number of nitro groups is 1. The van der Waals surface area contributed by atoms with Crippen molar-refractivity contribution in [2.75, 3.05) is 13.0 Å². The lowest BCUT2D eigenvalue weighted by molar-refractivity contribution is -0.385. The lowest BCUT2D eigenvalue weighted by Gasteiger charge is -2.27. The van der Waals surface area contributed by atoms with Gasteiger partial charge in [0.2, 0.25) is 0 Å². The maximum Gasteiger partial charge on any atom is 0.310 e. The molecule has 0 heterocycles. The molecule has 21 heavy (non-hydrogen) atoms. The molecule has 0 saturated heterocycles. The smallest absolute Gasteiger partial charge is 0.310 e. The summed E-state index contributed by atoms with van der Waals surface area (Å²) in [6, 6.07) is 4.08. The van der Waals surface area contributed by atoms with Crippen molar-refractivity contribution in [1.29, 1.82) is 0 Å². The first kappa shape index (κ1) is 15.6. The average Bonchev–Trinajstić information content (AvgIpc) is 2.95. The molecule has 0 spiro atoms. The highest BCUT2D eigenvalue weighted by Gasteiger charge is 2.34. The Kier molecular flexibility index (Phi) is 4.67. The number of ether oxygens (including phenoxy) is 1. The van der Waals surface area contributed by atoms with Gasteiger partial charge in [-0.05, 0) is 18.9 Å². The van der Waals surface area contributed by atoms with Gasteiger partial charge in [0.25, 0.3) is 5.91 Å². The summed E-state index contributed by atoms with van der Waals surface area (Å²) in [4.78, 5) is 22.6. The summed E-state index contributed by atoms with van der Waals surface area (Å²) >= 11 is 5.99. The second-order valence-electron chi connectivity index (χ2n) is 5.22. The fraction of sp³-hybridized carbons (Fsp3) is 0.500. The Morgan fingerprint density at radius 2 is 2.14 bits per heavy atom. The van der Waals surface area contributed by atoms with E-state index in [9.17, 15) is 14.9 Å². The minimum Gasteiger partial charge on any atom is -0.490 e. The van der Waals surface area contributed by atoms with E-state index in [4.69, 9.17) is 16.3 Å². The van der Waals surface area contributed by atoms with Gasteiger partial charge in [-0.2, -0.15) is 0 Å². The zero-order valence-electron chi connectivity index (χ0n) is 11.7. The first-order valence-electron chi connectivity index (χ1n) is 6.72. The van der Waals surface area contributed by atoms with Gasteiger partial charge in [-0.15, -0.1) is 11.6 Å². The molecular formula is C14H17ClN2O4. The van der Waals surface area contributed by atoms with Crippen molar-refractivity contribution in [3.8, 4) is 5.75 Å². The standard InChI is InChI=1S/C14H17ClN2O4/c1-21-12-8-10(4-5-11(12)17(19)20)13(18)16-14(9-15)6-2-3-7-14/h4-5,8H,2-3,6-7,9H2,1H3,(H,16,18). The number of halogens is 1. The second-order valence-corrected chi connectivity index (χ2v) is 5.49. The molecule has 0 bridgehead atoms. The van der Waals surface area contributed by atoms with Crippen LogP contribution in [0.3, 0.4) is 0 Å². The van der Waals surface area contributed by atoms with Crippen LogP contribution in [0.4, 0.5) is 5.69 Å². The monoisotopic (exact) mass is 312 g/mol. The van der Waals surface area contributed by atoms with E-state index < -0.39 is 4.92 Å². The number of rotatable bonds is 5. The van der Waals surface area contributed by atoms with Gasteiger partial charge < -0.3 is 10.1 Å². The normalized spacial score (nSPS) is 16.5. The number of benzene rings is 1. The quantitative estimate of drug-likeness (QED) is 0.515. The molecule has 114 valence electrons. The van der Waals surface area contributed by atoms with Crippen molar-refractivity contribution in [2.45, 2.75) is 31.2 Å². The Hall–Kier alpha value is -1.82. The summed E-state index contributed by atoms with van der Waals surface area (Å²) in [6.07, 6.45) is 3.78. The Morgan fingerprint density at radius 1 is 1.48 bits per heavy atom. The highest BCUT2D eigenvalue weighted by atomic mass is 35.5. The molecule has 1 aliphatic rings. The van der Waals surface area contributed by atoms with Gasteiger partial charge in [-0.1, -0.05) is 12.8 Å². The van der Waals surface area contributed by atoms with E-state index in [-0.39, 0.29) is 22.9 Å². The van der Waals surface area contributed by atoms with Gasteiger partial charge in [-0.3, -0.25) is 14.9 Å². The van der Waals surface area contributed by atoms with Crippen LogP contribution in [0.15, 0.2) is 18.2 Å². The first-order valence-corrected chi connectivity index (χ1v) is 7.26. The lowest BCUT2D eigenvalue weighted by atomic mass is 9.99. The van der Waals surface area contributed by atoms with Crippen LogP contribution in [0.2, 0.25) is 0 Å². The topological polar surface area (TPSA) is 81.5 Å². The highest BCUT2D eigenvalue weighted by molar-refractivity contribution is 6.19. The summed E-state index contributed by atoms with van der Waals surface area (Å²) in [5.74, 6) is 0.146. The molecule has 0 aliphatic heterocycles. The Balaban J connectivity index is 2.21. The number of amides is 1. The molecule has 0 atom stereocenters. The molecule has 0 unspecified atom stereocenters. The van der Waals surface area contributed by atoms with Crippen molar-refractivity contribution in [1.82, 2.24) is 5.32 Å². The van der Waals surface area contributed by atoms with E-state index in [1.54, 1.807) is 0 Å². The second kappa shape index (κ2) is 6.30. The number of nitrogens with zero attached hydrogens (tertiary/aromatic N) is 1. The first-order chi connectivity index (χ1) is 10.0. The molecule has 6 nitrogen and oxygen atoms in total. The number of hydrogen-bond donors (Lipinski definition) is 1. The number of nitro benzene ring substituents is 1. The Bertz CT molecular complexity index is 556. The van der Waals surface area contributed by atoms with Crippen LogP contribution in [0.5, 0.6) is 5.75 Å². The summed E-state index contributed by atoms with van der Waals surface area (Å²) in [5, 5.41) is 13.8. The van der Waals surface area contributed by atoms with E-state index >= 15 is 0 Å². The van der Waals surface area contributed by atoms with Crippen molar-refractivity contribution < 1.29 is 14.5 Å². The summed E-state index contributed by atoms with van der Waals surface area (Å²) in [5.41, 5.74) is -0.205. The zero-order chi connectivity index (χ0) is 15.5. The maximum absolute atomic E-state index is 12.3. The van der Waals surface area contributed by atoms with Crippen LogP contribution in [-0.4, -0.2) is 29.4 Å². The lowest BCUT2D eigenvalue weighted by Crippen LogP contribution is -2.47. The van der Waals surface area contributed by atoms with E-state index in [0.29, 0.717) is 11.4 Å². The Labute approximate surface area is 127 Å². The van der Waals surface area contributed by atoms with Crippen LogP contribution in [0, 0.1) is 10.1 Å². The van der Waals surface area contributed by atoms with Crippen LogP contribution in [0.25, 0.3) is 0 Å². The fourth-order valence-electron chi connectivity index (χ4n) is 2.63. The van der Waals surface area contributed by atoms with E-state index in [0.717, 1.165) is 25.7 Å². The third kappa shape index (κ3) is 3.26. The van der Waals surface area contributed by atoms with E-state index in [1.165, 1.54) is 25.3 Å². The van der Waals surface area contributed by atoms with Gasteiger partial charge >= 0.3 is 5.69 Å². The SMILES string of the molecule is COc1cc(C(=O)NC2(CCl)CCCC2)ccc1[N+](=O)[O-]. The number of carbonyl (C=O) groups is 1. The fourth-order valence-corrected chi connectivity index (χ4v) is 2.96. The average molecular weight is 313 g/mol. The van der Waals surface area contributed by atoms with Crippen molar-refractivity contribution in [3.05, 3.63) is 33.9 Å². The van der Waals surface area contributed by atoms with Crippen LogP contribution in [0.1, 0.15) is 36.0 Å². The molecule has 1 amide bonds. The van der Waals surface area contributed by atoms with Crippen molar-refractivity contribution in [3.63, 3.8) is 0 Å². The van der Waals surface area contributed by atoms with Crippen molar-refractivity contribution in [2.24, 2.45) is 0 Å². The van der Waals surface area contributed by atoms with Crippen molar-refractivity contribution >= 4 is 23.2 Å². The summed E-state index contributed by atoms with van der Waals surface area (Å²) in [7, 11) is 1.33. The largest absolute Gasteiger partial charge is 0.490 e. The zero-order valence-corrected chi connectivity index (χ0v) is 12.5. The Morgan fingerprint density at radius 3 is 2.67 bits per heavy atom. The maximum atomic E-state index is 12.3. The number of alkyl halides is 1. The van der Waals surface area contributed by atoms with E-state index in [2.05, 4.69) is 5.32 Å². The number of nitrogens with one attached hydrogen (secondary N) is 1. The van der Waals surface area contributed by atoms with Crippen LogP contribution >= 0.6 is 11.6 Å². The molecule has 0 aromatic heterocycles. The predicted molar refractivity (Wildman–Crippen MR) is 79.0 cm³/mol. The third-order valence-corrected chi connectivity index (χ3v) is 4.35. The molecule has 1 saturated carbocycles. The molecule has 7 heteroatoms. The predicted octanol–water partition coefficient (Wildman–Crippen LogP) is 2.88. The molecule has 1 aliphatic carbocycles. The summed E-state index contributed by atoms with van der Waals surface area (Å²) in [6.45, 7) is 0. The molecule has 0 radical (unpaired) electrons. The molecule has 2 rings (SSSR count).